The van der Waals surface area contributed by atoms with Gasteiger partial charge in [0.1, 0.15) is 11.8 Å². The number of alkyl halides is 3. The molecule has 2 unspecified atom stereocenters. The smallest absolute Gasteiger partial charge is 0.399 e. The normalized spacial score (nSPS) is 24.6. The SMILES string of the molecule is O=C(NC1CCN(C2CC2)C1=O)Oc1sc(C2=NOC(c3cc(Cl)c(F)c(Cl)c3)(C(F)(F)F)C2)c2c1CCCC2. The molecule has 2 amide bonds. The summed E-state index contributed by atoms with van der Waals surface area (Å²) in [4.78, 5) is 32.7. The number of hydrogen-bond donors (Lipinski definition) is 1. The maximum Gasteiger partial charge on any atom is 0.435 e. The van der Waals surface area contributed by atoms with Crippen molar-refractivity contribution in [1.29, 1.82) is 0 Å². The molecule has 1 N–H and O–H groups in total. The molecule has 1 aromatic heterocycles. The first-order chi connectivity index (χ1) is 19.0. The number of amides is 2. The van der Waals surface area contributed by atoms with E-state index in [1.807, 2.05) is 0 Å². The van der Waals surface area contributed by atoms with Gasteiger partial charge in [0.25, 0.3) is 5.60 Å². The molecule has 2 atom stereocenters. The van der Waals surface area contributed by atoms with Gasteiger partial charge in [-0.3, -0.25) is 4.79 Å². The fourth-order valence-electron chi connectivity index (χ4n) is 5.57. The zero-order valence-corrected chi connectivity index (χ0v) is 23.2. The van der Waals surface area contributed by atoms with Crippen molar-refractivity contribution in [2.24, 2.45) is 5.16 Å². The molecule has 1 saturated heterocycles. The Labute approximate surface area is 240 Å². The number of rotatable bonds is 5. The van der Waals surface area contributed by atoms with Crippen LogP contribution in [0, 0.1) is 5.82 Å². The third-order valence-corrected chi connectivity index (χ3v) is 9.54. The second kappa shape index (κ2) is 10.1. The number of carbonyl (C=O) groups is 2. The Kier molecular flexibility index (Phi) is 6.94. The minimum absolute atomic E-state index is 0.0262. The molecule has 6 rings (SSSR count). The summed E-state index contributed by atoms with van der Waals surface area (Å²) in [5, 5.41) is 5.59. The van der Waals surface area contributed by atoms with Gasteiger partial charge in [-0.25, -0.2) is 9.18 Å². The monoisotopic (exact) mass is 619 g/mol. The topological polar surface area (TPSA) is 80.2 Å². The minimum atomic E-state index is -4.94. The van der Waals surface area contributed by atoms with Gasteiger partial charge in [0.2, 0.25) is 5.91 Å². The zero-order chi connectivity index (χ0) is 28.4. The van der Waals surface area contributed by atoms with Gasteiger partial charge in [-0.05, 0) is 62.6 Å². The number of nitrogens with zero attached hydrogens (tertiary/aromatic N) is 2. The third-order valence-electron chi connectivity index (χ3n) is 7.79. The Balaban J connectivity index is 1.25. The second-order valence-electron chi connectivity index (χ2n) is 10.4. The van der Waals surface area contributed by atoms with Crippen molar-refractivity contribution in [2.45, 2.75) is 75.2 Å². The number of thiophene rings is 1. The fraction of sp³-hybridized carbons (Fsp3) is 0.500. The van der Waals surface area contributed by atoms with Gasteiger partial charge in [0.15, 0.2) is 10.9 Å². The quantitative estimate of drug-likeness (QED) is 0.306. The van der Waals surface area contributed by atoms with Crippen molar-refractivity contribution in [1.82, 2.24) is 10.2 Å². The summed E-state index contributed by atoms with van der Waals surface area (Å²) >= 11 is 12.6. The van der Waals surface area contributed by atoms with Gasteiger partial charge in [0, 0.05) is 23.7 Å². The lowest BCUT2D eigenvalue weighted by Crippen LogP contribution is -2.43. The van der Waals surface area contributed by atoms with Crippen LogP contribution >= 0.6 is 34.5 Å². The van der Waals surface area contributed by atoms with E-state index in [1.54, 1.807) is 4.90 Å². The fourth-order valence-corrected chi connectivity index (χ4v) is 7.28. The number of likely N-dealkylation sites (tertiary alicyclic amines) is 1. The van der Waals surface area contributed by atoms with Crippen molar-refractivity contribution in [3.63, 3.8) is 0 Å². The Hall–Kier alpha value is -2.57. The van der Waals surface area contributed by atoms with Gasteiger partial charge >= 0.3 is 12.3 Å². The number of carbonyl (C=O) groups excluding carboxylic acids is 2. The zero-order valence-electron chi connectivity index (χ0n) is 20.9. The molecule has 14 heteroatoms. The van der Waals surface area contributed by atoms with Crippen LogP contribution in [0.2, 0.25) is 10.0 Å². The van der Waals surface area contributed by atoms with Gasteiger partial charge in [-0.1, -0.05) is 39.7 Å². The number of nitrogens with one attached hydrogen (secondary N) is 1. The van der Waals surface area contributed by atoms with Crippen LogP contribution in [0.3, 0.4) is 0 Å². The highest BCUT2D eigenvalue weighted by Crippen LogP contribution is 2.52. The van der Waals surface area contributed by atoms with Crippen LogP contribution in [0.5, 0.6) is 5.06 Å². The van der Waals surface area contributed by atoms with Crippen LogP contribution in [0.25, 0.3) is 0 Å². The Morgan fingerprint density at radius 3 is 2.48 bits per heavy atom. The number of oxime groups is 1. The van der Waals surface area contributed by atoms with Crippen molar-refractivity contribution in [3.8, 4) is 5.06 Å². The number of benzene rings is 1. The molecular weight excluding hydrogens is 597 g/mol. The van der Waals surface area contributed by atoms with E-state index in [0.29, 0.717) is 30.7 Å². The molecule has 7 nitrogen and oxygen atoms in total. The van der Waals surface area contributed by atoms with E-state index in [1.165, 1.54) is 0 Å². The summed E-state index contributed by atoms with van der Waals surface area (Å²) in [5.74, 6) is -1.16. The van der Waals surface area contributed by atoms with Gasteiger partial charge in [-0.15, -0.1) is 0 Å². The highest BCUT2D eigenvalue weighted by Gasteiger charge is 2.63. The Morgan fingerprint density at radius 1 is 1.15 bits per heavy atom. The van der Waals surface area contributed by atoms with E-state index in [2.05, 4.69) is 10.5 Å². The molecule has 2 aliphatic heterocycles. The van der Waals surface area contributed by atoms with Crippen LogP contribution < -0.4 is 10.1 Å². The molecule has 3 heterocycles. The minimum Gasteiger partial charge on any atom is -0.399 e. The number of fused-ring (bicyclic) bond motifs is 1. The first-order valence-electron chi connectivity index (χ1n) is 12.9. The lowest BCUT2D eigenvalue weighted by atomic mass is 9.86. The van der Waals surface area contributed by atoms with E-state index in [-0.39, 0.29) is 22.7 Å². The highest BCUT2D eigenvalue weighted by atomic mass is 35.5. The van der Waals surface area contributed by atoms with E-state index in [4.69, 9.17) is 32.8 Å². The predicted molar refractivity (Wildman–Crippen MR) is 140 cm³/mol. The summed E-state index contributed by atoms with van der Waals surface area (Å²) in [5.41, 5.74) is -1.88. The van der Waals surface area contributed by atoms with E-state index >= 15 is 0 Å². The lowest BCUT2D eigenvalue weighted by Gasteiger charge is -2.29. The van der Waals surface area contributed by atoms with Crippen molar-refractivity contribution in [3.05, 3.63) is 49.6 Å². The summed E-state index contributed by atoms with van der Waals surface area (Å²) in [6.45, 7) is 0.582. The predicted octanol–water partition coefficient (Wildman–Crippen LogP) is 6.51. The third kappa shape index (κ3) is 4.71. The molecule has 2 aliphatic carbocycles. The Bertz CT molecular complexity index is 1400. The van der Waals surface area contributed by atoms with Gasteiger partial charge in [0.05, 0.1) is 21.3 Å². The summed E-state index contributed by atoms with van der Waals surface area (Å²) in [7, 11) is 0. The van der Waals surface area contributed by atoms with Crippen LogP contribution in [0.1, 0.15) is 60.1 Å². The summed E-state index contributed by atoms with van der Waals surface area (Å²) in [6, 6.07) is 1.26. The summed E-state index contributed by atoms with van der Waals surface area (Å²) in [6.07, 6.45) is -1.25. The second-order valence-corrected chi connectivity index (χ2v) is 12.2. The summed E-state index contributed by atoms with van der Waals surface area (Å²) < 4.78 is 63.1. The molecule has 0 radical (unpaired) electrons. The van der Waals surface area contributed by atoms with Crippen LogP contribution in [0.15, 0.2) is 17.3 Å². The van der Waals surface area contributed by atoms with Crippen LogP contribution in [-0.4, -0.2) is 47.4 Å². The van der Waals surface area contributed by atoms with Crippen molar-refractivity contribution >= 4 is 52.3 Å². The van der Waals surface area contributed by atoms with Crippen LogP contribution in [0.4, 0.5) is 22.4 Å². The van der Waals surface area contributed by atoms with E-state index in [9.17, 15) is 27.2 Å². The van der Waals surface area contributed by atoms with Crippen molar-refractivity contribution < 1.29 is 36.7 Å². The first kappa shape index (κ1) is 27.6. The molecule has 0 bridgehead atoms. The average molecular weight is 620 g/mol. The van der Waals surface area contributed by atoms with Gasteiger partial charge in [-0.2, -0.15) is 13.2 Å². The molecular formula is C26H23Cl2F4N3O4S. The van der Waals surface area contributed by atoms with Crippen LogP contribution in [-0.2, 0) is 28.1 Å². The standard InChI is InChI=1S/C26H23Cl2F4N3O4S/c27-16-9-12(10-17(28)20(16)29)25(26(30,31)32)11-19(34-39-25)21-14-3-1-2-4-15(14)23(40-21)38-24(37)33-18-7-8-35(22(18)36)13-5-6-13/h9-10,13,18H,1-8,11H2,(H,33,37). The lowest BCUT2D eigenvalue weighted by molar-refractivity contribution is -0.275. The number of hydrogen-bond acceptors (Lipinski definition) is 6. The number of ether oxygens (including phenoxy) is 1. The van der Waals surface area contributed by atoms with E-state index in [0.717, 1.165) is 60.3 Å². The molecule has 2 aromatic rings. The maximum absolute atomic E-state index is 14.5. The number of halogens is 6. The largest absolute Gasteiger partial charge is 0.435 e. The highest BCUT2D eigenvalue weighted by molar-refractivity contribution is 7.16. The molecule has 40 heavy (non-hydrogen) atoms. The van der Waals surface area contributed by atoms with Gasteiger partial charge < -0.3 is 19.8 Å². The molecule has 4 aliphatic rings. The van der Waals surface area contributed by atoms with Crippen molar-refractivity contribution in [2.75, 3.05) is 6.54 Å². The average Bonchev–Trinajstić information content (AvgIpc) is 3.37. The van der Waals surface area contributed by atoms with E-state index < -0.39 is 51.8 Å². The molecule has 214 valence electrons. The first-order valence-corrected chi connectivity index (χ1v) is 14.5. The Morgan fingerprint density at radius 2 is 1.82 bits per heavy atom. The molecule has 1 saturated carbocycles. The molecule has 1 aromatic carbocycles. The molecule has 2 fully saturated rings. The molecule has 0 spiro atoms. The maximum atomic E-state index is 14.5.